The summed E-state index contributed by atoms with van der Waals surface area (Å²) in [5.74, 6) is 1.41. The van der Waals surface area contributed by atoms with Gasteiger partial charge in [0.1, 0.15) is 22.5 Å². The van der Waals surface area contributed by atoms with Crippen molar-refractivity contribution in [2.75, 3.05) is 26.6 Å². The van der Waals surface area contributed by atoms with Gasteiger partial charge in [-0.05, 0) is 59.7 Å². The molecule has 2 atom stereocenters. The Balaban J connectivity index is 1.35. The van der Waals surface area contributed by atoms with Crippen molar-refractivity contribution in [1.82, 2.24) is 5.01 Å². The summed E-state index contributed by atoms with van der Waals surface area (Å²) in [5, 5.41) is 9.34. The molecule has 0 bridgehead atoms. The van der Waals surface area contributed by atoms with Crippen molar-refractivity contribution in [2.45, 2.75) is 24.1 Å². The molecule has 0 saturated carbocycles. The molecule has 2 aliphatic rings. The van der Waals surface area contributed by atoms with E-state index in [1.54, 1.807) is 37.4 Å². The predicted octanol–water partition coefficient (Wildman–Crippen LogP) is 4.89. The summed E-state index contributed by atoms with van der Waals surface area (Å²) in [5.41, 5.74) is 3.39. The number of aliphatic imine (C=N–C) groups is 1. The summed E-state index contributed by atoms with van der Waals surface area (Å²) in [4.78, 5) is 30.0. The van der Waals surface area contributed by atoms with Crippen molar-refractivity contribution in [3.8, 4) is 17.2 Å². The minimum Gasteiger partial charge on any atom is -0.497 e. The standard InChI is InChI=1S/C29H28N4O5S/c1-36-20-12-8-18(9-13-20)23-16-24(19-10-14-21(37-2)15-11-19)33(32-23)29-31-28(35)26(39-29)17-27(34)30-22-6-4-5-7-25(22)38-3/h4-15,24,26H,16-17H2,1-3H3,(H,30,34)/t24-,26+/m0/s1. The van der Waals surface area contributed by atoms with Crippen LogP contribution in [-0.2, 0) is 9.59 Å². The van der Waals surface area contributed by atoms with Crippen LogP contribution < -0.4 is 19.5 Å². The fourth-order valence-corrected chi connectivity index (χ4v) is 5.51. The normalized spacial score (nSPS) is 18.4. The summed E-state index contributed by atoms with van der Waals surface area (Å²) >= 11 is 1.26. The average Bonchev–Trinajstić information content (AvgIpc) is 3.57. The maximum absolute atomic E-state index is 12.9. The number of methoxy groups -OCH3 is 3. The van der Waals surface area contributed by atoms with Gasteiger partial charge in [-0.25, -0.2) is 5.01 Å². The van der Waals surface area contributed by atoms with Crippen LogP contribution in [0, 0.1) is 0 Å². The van der Waals surface area contributed by atoms with E-state index in [2.05, 4.69) is 10.3 Å². The highest BCUT2D eigenvalue weighted by Crippen LogP contribution is 2.39. The van der Waals surface area contributed by atoms with Gasteiger partial charge in [0, 0.05) is 12.8 Å². The molecule has 2 heterocycles. The molecule has 9 nitrogen and oxygen atoms in total. The van der Waals surface area contributed by atoms with Gasteiger partial charge in [-0.3, -0.25) is 9.59 Å². The number of ether oxygens (including phenoxy) is 3. The van der Waals surface area contributed by atoms with E-state index in [-0.39, 0.29) is 24.3 Å². The molecule has 10 heteroatoms. The third kappa shape index (κ3) is 5.75. The number of nitrogens with zero attached hydrogens (tertiary/aromatic N) is 3. The summed E-state index contributed by atoms with van der Waals surface area (Å²) in [7, 11) is 4.79. The van der Waals surface area contributed by atoms with Crippen LogP contribution in [0.1, 0.15) is 30.0 Å². The van der Waals surface area contributed by atoms with Crippen LogP contribution in [-0.4, -0.2) is 54.3 Å². The smallest absolute Gasteiger partial charge is 0.262 e. The number of hydrogen-bond acceptors (Lipinski definition) is 8. The number of amidine groups is 1. The Morgan fingerprint density at radius 1 is 0.949 bits per heavy atom. The molecule has 5 rings (SSSR count). The first kappa shape index (κ1) is 26.3. The number of para-hydroxylation sites is 2. The summed E-state index contributed by atoms with van der Waals surface area (Å²) in [6.45, 7) is 0. The van der Waals surface area contributed by atoms with Gasteiger partial charge in [-0.2, -0.15) is 10.1 Å². The van der Waals surface area contributed by atoms with Gasteiger partial charge in [0.05, 0.1) is 38.8 Å². The molecule has 200 valence electrons. The number of carbonyl (C=O) groups excluding carboxylic acids is 2. The lowest BCUT2D eigenvalue weighted by atomic mass is 9.98. The monoisotopic (exact) mass is 544 g/mol. The van der Waals surface area contributed by atoms with Gasteiger partial charge < -0.3 is 19.5 Å². The largest absolute Gasteiger partial charge is 0.497 e. The fraction of sp³-hybridized carbons (Fsp3) is 0.241. The van der Waals surface area contributed by atoms with Crippen LogP contribution >= 0.6 is 11.8 Å². The summed E-state index contributed by atoms with van der Waals surface area (Å²) in [6, 6.07) is 22.5. The van der Waals surface area contributed by atoms with Gasteiger partial charge in [0.15, 0.2) is 5.17 Å². The van der Waals surface area contributed by atoms with Crippen molar-refractivity contribution in [3.63, 3.8) is 0 Å². The second-order valence-corrected chi connectivity index (χ2v) is 10.1. The number of amides is 2. The van der Waals surface area contributed by atoms with Crippen molar-refractivity contribution in [2.24, 2.45) is 10.1 Å². The SMILES string of the molecule is COc1ccc(C2=NN(C3=NC(=O)[C@@H](CC(=O)Nc4ccccc4OC)S3)[C@H](c3ccc(OC)cc3)C2)cc1. The molecule has 2 aliphatic heterocycles. The molecule has 2 amide bonds. The lowest BCUT2D eigenvalue weighted by molar-refractivity contribution is -0.121. The molecule has 3 aromatic carbocycles. The van der Waals surface area contributed by atoms with E-state index in [4.69, 9.17) is 19.3 Å². The van der Waals surface area contributed by atoms with E-state index in [1.165, 1.54) is 18.9 Å². The van der Waals surface area contributed by atoms with Crippen LogP contribution in [0.4, 0.5) is 5.69 Å². The topological polar surface area (TPSA) is 102 Å². The first-order chi connectivity index (χ1) is 19.0. The van der Waals surface area contributed by atoms with Gasteiger partial charge in [0.25, 0.3) is 5.91 Å². The van der Waals surface area contributed by atoms with Crippen LogP contribution in [0.15, 0.2) is 82.9 Å². The number of thioether (sulfide) groups is 1. The maximum Gasteiger partial charge on any atom is 0.262 e. The minimum absolute atomic E-state index is 0.0232. The maximum atomic E-state index is 12.9. The highest BCUT2D eigenvalue weighted by molar-refractivity contribution is 8.15. The van der Waals surface area contributed by atoms with E-state index < -0.39 is 5.25 Å². The Morgan fingerprint density at radius 3 is 2.28 bits per heavy atom. The molecule has 0 spiro atoms. The Labute approximate surface area is 230 Å². The molecule has 3 aromatic rings. The molecule has 0 radical (unpaired) electrons. The Morgan fingerprint density at radius 2 is 1.62 bits per heavy atom. The van der Waals surface area contributed by atoms with Crippen molar-refractivity contribution >= 4 is 40.1 Å². The number of benzene rings is 3. The molecule has 0 aliphatic carbocycles. The van der Waals surface area contributed by atoms with Crippen molar-refractivity contribution in [3.05, 3.63) is 83.9 Å². The predicted molar refractivity (Wildman–Crippen MR) is 152 cm³/mol. The van der Waals surface area contributed by atoms with Gasteiger partial charge in [-0.1, -0.05) is 36.0 Å². The third-order valence-corrected chi connectivity index (χ3v) is 7.65. The molecule has 1 N–H and O–H groups in total. The van der Waals surface area contributed by atoms with Crippen LogP contribution in [0.2, 0.25) is 0 Å². The molecule has 0 saturated heterocycles. The lowest BCUT2D eigenvalue weighted by Gasteiger charge is -2.23. The quantitative estimate of drug-likeness (QED) is 0.431. The Kier molecular flexibility index (Phi) is 7.83. The first-order valence-electron chi connectivity index (χ1n) is 12.4. The Bertz CT molecular complexity index is 1420. The highest BCUT2D eigenvalue weighted by Gasteiger charge is 2.39. The fourth-order valence-electron chi connectivity index (χ4n) is 4.45. The second kappa shape index (κ2) is 11.6. The van der Waals surface area contributed by atoms with E-state index in [0.29, 0.717) is 23.0 Å². The number of hydrogen-bond donors (Lipinski definition) is 1. The van der Waals surface area contributed by atoms with Crippen LogP contribution in [0.5, 0.6) is 17.2 Å². The zero-order chi connectivity index (χ0) is 27.4. The van der Waals surface area contributed by atoms with Gasteiger partial charge in [0.2, 0.25) is 5.91 Å². The number of nitrogens with one attached hydrogen (secondary N) is 1. The summed E-state index contributed by atoms with van der Waals surface area (Å²) < 4.78 is 15.9. The molecule has 0 fully saturated rings. The molecule has 39 heavy (non-hydrogen) atoms. The zero-order valence-electron chi connectivity index (χ0n) is 21.8. The molecule has 0 aromatic heterocycles. The van der Waals surface area contributed by atoms with E-state index >= 15 is 0 Å². The van der Waals surface area contributed by atoms with Crippen LogP contribution in [0.3, 0.4) is 0 Å². The van der Waals surface area contributed by atoms with Crippen molar-refractivity contribution < 1.29 is 23.8 Å². The van der Waals surface area contributed by atoms with Crippen LogP contribution in [0.25, 0.3) is 0 Å². The van der Waals surface area contributed by atoms with Crippen molar-refractivity contribution in [1.29, 1.82) is 0 Å². The Hall–Kier alpha value is -4.31. The molecular formula is C29H28N4O5S. The average molecular weight is 545 g/mol. The summed E-state index contributed by atoms with van der Waals surface area (Å²) in [6.07, 6.45) is 0.593. The lowest BCUT2D eigenvalue weighted by Crippen LogP contribution is -2.25. The third-order valence-electron chi connectivity index (χ3n) is 6.51. The van der Waals surface area contributed by atoms with E-state index in [1.807, 2.05) is 54.6 Å². The van der Waals surface area contributed by atoms with E-state index in [9.17, 15) is 9.59 Å². The zero-order valence-corrected chi connectivity index (χ0v) is 22.6. The first-order valence-corrected chi connectivity index (χ1v) is 13.2. The number of hydrazone groups is 1. The van der Waals surface area contributed by atoms with Gasteiger partial charge >= 0.3 is 0 Å². The number of anilines is 1. The van der Waals surface area contributed by atoms with Gasteiger partial charge in [-0.15, -0.1) is 0 Å². The molecular weight excluding hydrogens is 516 g/mol. The number of rotatable bonds is 8. The number of carbonyl (C=O) groups is 2. The van der Waals surface area contributed by atoms with E-state index in [0.717, 1.165) is 28.3 Å². The molecule has 0 unspecified atom stereocenters. The highest BCUT2D eigenvalue weighted by atomic mass is 32.2. The second-order valence-electron chi connectivity index (χ2n) is 8.90. The minimum atomic E-state index is -0.647.